The Balaban J connectivity index is 1.95. The smallest absolute Gasteiger partial charge is 0.105 e. The van der Waals surface area contributed by atoms with Gasteiger partial charge in [-0.1, -0.05) is 0 Å². The van der Waals surface area contributed by atoms with E-state index in [0.29, 0.717) is 25.4 Å². The van der Waals surface area contributed by atoms with Crippen molar-refractivity contribution in [1.82, 2.24) is 5.32 Å². The third-order valence-electron chi connectivity index (χ3n) is 2.50. The Morgan fingerprint density at radius 1 is 1.29 bits per heavy atom. The Morgan fingerprint density at radius 2 is 2.00 bits per heavy atom. The molecule has 1 unspecified atom stereocenters. The second-order valence-corrected chi connectivity index (χ2v) is 3.65. The molecule has 84 valence electrons. The molecule has 0 aliphatic heterocycles. The quantitative estimate of drug-likeness (QED) is 0.490. The van der Waals surface area contributed by atoms with Crippen LogP contribution in [0.3, 0.4) is 0 Å². The van der Waals surface area contributed by atoms with E-state index < -0.39 is 0 Å². The molecule has 0 saturated heterocycles. The Morgan fingerprint density at radius 3 is 2.57 bits per heavy atom. The van der Waals surface area contributed by atoms with Crippen LogP contribution < -0.4 is 5.32 Å². The van der Waals surface area contributed by atoms with Gasteiger partial charge in [-0.2, -0.15) is 0 Å². The molecule has 0 aromatic carbocycles. The monoisotopic (exact) mass is 203 g/mol. The number of ether oxygens (including phenoxy) is 3. The first-order valence-corrected chi connectivity index (χ1v) is 5.19. The molecule has 14 heavy (non-hydrogen) atoms. The number of rotatable bonds is 7. The van der Waals surface area contributed by atoms with E-state index in [1.165, 1.54) is 0 Å². The van der Waals surface area contributed by atoms with E-state index in [1.54, 1.807) is 7.11 Å². The van der Waals surface area contributed by atoms with Crippen molar-refractivity contribution in [3.63, 3.8) is 0 Å². The minimum Gasteiger partial charge on any atom is -0.382 e. The van der Waals surface area contributed by atoms with Crippen LogP contribution in [0, 0.1) is 0 Å². The van der Waals surface area contributed by atoms with Crippen molar-refractivity contribution >= 4 is 0 Å². The Labute approximate surface area is 85.9 Å². The molecule has 1 fully saturated rings. The number of nitrogens with one attached hydrogen (secondary N) is 1. The third-order valence-corrected chi connectivity index (χ3v) is 2.50. The van der Waals surface area contributed by atoms with Gasteiger partial charge in [-0.15, -0.1) is 0 Å². The van der Waals surface area contributed by atoms with Crippen LogP contribution in [0.15, 0.2) is 0 Å². The molecule has 0 aromatic heterocycles. The van der Waals surface area contributed by atoms with Gasteiger partial charge in [-0.25, -0.2) is 0 Å². The molecular formula is C10H21NO3. The Kier molecular flexibility index (Phi) is 5.40. The van der Waals surface area contributed by atoms with Gasteiger partial charge in [0, 0.05) is 20.0 Å². The van der Waals surface area contributed by atoms with E-state index in [0.717, 1.165) is 12.8 Å². The first-order valence-electron chi connectivity index (χ1n) is 5.19. The number of methoxy groups -OCH3 is 1. The molecule has 1 aliphatic rings. The summed E-state index contributed by atoms with van der Waals surface area (Å²) in [4.78, 5) is 0. The van der Waals surface area contributed by atoms with E-state index in [4.69, 9.17) is 14.2 Å². The predicted octanol–water partition coefficient (Wildman–Crippen LogP) is 0.762. The highest BCUT2D eigenvalue weighted by molar-refractivity contribution is 4.81. The van der Waals surface area contributed by atoms with Crippen molar-refractivity contribution in [1.29, 1.82) is 0 Å². The normalized spacial score (nSPS) is 28.5. The van der Waals surface area contributed by atoms with E-state index >= 15 is 0 Å². The van der Waals surface area contributed by atoms with E-state index in [-0.39, 0.29) is 6.23 Å². The zero-order chi connectivity index (χ0) is 10.4. The molecule has 1 N–H and O–H groups in total. The van der Waals surface area contributed by atoms with Crippen LogP contribution in [-0.4, -0.2) is 45.8 Å². The van der Waals surface area contributed by atoms with Gasteiger partial charge >= 0.3 is 0 Å². The van der Waals surface area contributed by atoms with Crippen molar-refractivity contribution in [3.05, 3.63) is 0 Å². The van der Waals surface area contributed by atoms with Gasteiger partial charge < -0.3 is 14.2 Å². The zero-order valence-corrected chi connectivity index (χ0v) is 9.29. The minimum absolute atomic E-state index is 0.139. The van der Waals surface area contributed by atoms with Gasteiger partial charge in [-0.3, -0.25) is 5.32 Å². The molecule has 0 amide bonds. The van der Waals surface area contributed by atoms with Crippen molar-refractivity contribution < 1.29 is 14.2 Å². The summed E-state index contributed by atoms with van der Waals surface area (Å²) in [5.41, 5.74) is 0. The molecular weight excluding hydrogens is 182 g/mol. The van der Waals surface area contributed by atoms with Crippen LogP contribution in [0.2, 0.25) is 0 Å². The maximum atomic E-state index is 5.65. The van der Waals surface area contributed by atoms with Crippen LogP contribution >= 0.6 is 0 Å². The summed E-state index contributed by atoms with van der Waals surface area (Å²) in [6, 6.07) is 0. The summed E-state index contributed by atoms with van der Waals surface area (Å²) in [6.07, 6.45) is 2.90. The van der Waals surface area contributed by atoms with Gasteiger partial charge in [-0.05, 0) is 14.0 Å². The average Bonchev–Trinajstić information content (AvgIpc) is 2.13. The zero-order valence-electron chi connectivity index (χ0n) is 9.29. The van der Waals surface area contributed by atoms with Crippen molar-refractivity contribution in [2.45, 2.75) is 38.2 Å². The second-order valence-electron chi connectivity index (χ2n) is 3.65. The van der Waals surface area contributed by atoms with E-state index in [9.17, 15) is 0 Å². The van der Waals surface area contributed by atoms with Crippen LogP contribution in [0.4, 0.5) is 0 Å². The number of hydrogen-bond acceptors (Lipinski definition) is 4. The van der Waals surface area contributed by atoms with Crippen molar-refractivity contribution in [2.24, 2.45) is 0 Å². The third kappa shape index (κ3) is 3.92. The van der Waals surface area contributed by atoms with Crippen LogP contribution in [0.5, 0.6) is 0 Å². The number of hydrogen-bond donors (Lipinski definition) is 1. The molecule has 1 rings (SSSR count). The largest absolute Gasteiger partial charge is 0.382 e. The molecule has 4 heteroatoms. The topological polar surface area (TPSA) is 39.7 Å². The molecule has 0 bridgehead atoms. The van der Waals surface area contributed by atoms with Crippen molar-refractivity contribution in [2.75, 3.05) is 27.4 Å². The molecule has 0 aromatic rings. The van der Waals surface area contributed by atoms with Crippen LogP contribution in [0.25, 0.3) is 0 Å². The fourth-order valence-electron chi connectivity index (χ4n) is 1.42. The standard InChI is InChI=1S/C10H21NO3/c1-8(11-2)14-10-6-9(7-10)13-5-4-12-3/h8-11H,4-7H2,1-3H3. The fraction of sp³-hybridized carbons (Fsp3) is 1.00. The van der Waals surface area contributed by atoms with Gasteiger partial charge in [0.05, 0.1) is 25.4 Å². The average molecular weight is 203 g/mol. The molecule has 0 heterocycles. The minimum atomic E-state index is 0.139. The van der Waals surface area contributed by atoms with Crippen LogP contribution in [0.1, 0.15) is 19.8 Å². The van der Waals surface area contributed by atoms with E-state index in [2.05, 4.69) is 5.32 Å². The van der Waals surface area contributed by atoms with Gasteiger partial charge in [0.2, 0.25) is 0 Å². The first kappa shape index (κ1) is 11.9. The van der Waals surface area contributed by atoms with Crippen LogP contribution in [-0.2, 0) is 14.2 Å². The van der Waals surface area contributed by atoms with E-state index in [1.807, 2.05) is 14.0 Å². The predicted molar refractivity (Wildman–Crippen MR) is 54.2 cm³/mol. The SMILES string of the molecule is CNC(C)OC1CC(OCCOC)C1. The molecule has 0 spiro atoms. The lowest BCUT2D eigenvalue weighted by atomic mass is 9.92. The molecule has 1 aliphatic carbocycles. The summed E-state index contributed by atoms with van der Waals surface area (Å²) in [6.45, 7) is 3.38. The summed E-state index contributed by atoms with van der Waals surface area (Å²) in [5.74, 6) is 0. The maximum absolute atomic E-state index is 5.65. The lowest BCUT2D eigenvalue weighted by Crippen LogP contribution is -2.42. The fourth-order valence-corrected chi connectivity index (χ4v) is 1.42. The Bertz CT molecular complexity index is 148. The Hall–Kier alpha value is -0.160. The lowest BCUT2D eigenvalue weighted by Gasteiger charge is -2.36. The molecule has 1 atom stereocenters. The summed E-state index contributed by atoms with van der Waals surface area (Å²) in [5, 5.41) is 3.05. The highest BCUT2D eigenvalue weighted by atomic mass is 16.5. The van der Waals surface area contributed by atoms with Gasteiger partial charge in [0.1, 0.15) is 6.23 Å². The van der Waals surface area contributed by atoms with Crippen molar-refractivity contribution in [3.8, 4) is 0 Å². The summed E-state index contributed by atoms with van der Waals surface area (Å²) in [7, 11) is 3.58. The lowest BCUT2D eigenvalue weighted by molar-refractivity contribution is -0.131. The molecule has 1 saturated carbocycles. The molecule has 0 radical (unpaired) electrons. The van der Waals surface area contributed by atoms with Gasteiger partial charge in [0.15, 0.2) is 0 Å². The second kappa shape index (κ2) is 6.35. The highest BCUT2D eigenvalue weighted by Gasteiger charge is 2.31. The maximum Gasteiger partial charge on any atom is 0.105 e. The molecule has 4 nitrogen and oxygen atoms in total. The highest BCUT2D eigenvalue weighted by Crippen LogP contribution is 2.26. The van der Waals surface area contributed by atoms with Gasteiger partial charge in [0.25, 0.3) is 0 Å². The summed E-state index contributed by atoms with van der Waals surface area (Å²) < 4.78 is 16.1. The summed E-state index contributed by atoms with van der Waals surface area (Å²) >= 11 is 0. The first-order chi connectivity index (χ1) is 6.76.